The first-order valence-electron chi connectivity index (χ1n) is 10.2. The third kappa shape index (κ3) is 2.57. The van der Waals surface area contributed by atoms with Crippen molar-refractivity contribution in [3.63, 3.8) is 0 Å². The molecule has 30 heavy (non-hydrogen) atoms. The van der Waals surface area contributed by atoms with Crippen molar-refractivity contribution in [3.8, 4) is 11.4 Å². The summed E-state index contributed by atoms with van der Waals surface area (Å²) >= 11 is 0. The molecule has 8 heteroatoms. The Morgan fingerprint density at radius 3 is 2.63 bits per heavy atom. The van der Waals surface area contributed by atoms with E-state index in [4.69, 9.17) is 9.97 Å². The van der Waals surface area contributed by atoms with Crippen LogP contribution in [0, 0.1) is 0 Å². The van der Waals surface area contributed by atoms with Crippen molar-refractivity contribution in [2.45, 2.75) is 25.9 Å². The number of aromatic nitrogens is 6. The van der Waals surface area contributed by atoms with E-state index in [2.05, 4.69) is 61.8 Å². The van der Waals surface area contributed by atoms with Crippen LogP contribution < -0.4 is 10.2 Å². The molecule has 1 aromatic carbocycles. The molecule has 0 bridgehead atoms. The number of fused-ring (bicyclic) bond motifs is 5. The predicted molar refractivity (Wildman–Crippen MR) is 118 cm³/mol. The van der Waals surface area contributed by atoms with Crippen LogP contribution in [0.3, 0.4) is 0 Å². The molecule has 6 rings (SSSR count). The smallest absolute Gasteiger partial charge is 0.159 e. The van der Waals surface area contributed by atoms with Crippen molar-refractivity contribution in [2.24, 2.45) is 0 Å². The summed E-state index contributed by atoms with van der Waals surface area (Å²) < 4.78 is 2.14. The van der Waals surface area contributed by atoms with Gasteiger partial charge in [0.2, 0.25) is 0 Å². The number of piperazine rings is 1. The van der Waals surface area contributed by atoms with Crippen molar-refractivity contribution < 1.29 is 0 Å². The zero-order chi connectivity index (χ0) is 20.2. The van der Waals surface area contributed by atoms with Gasteiger partial charge < -0.3 is 10.2 Å². The number of hydrogen-bond acceptors (Lipinski definition) is 6. The van der Waals surface area contributed by atoms with Crippen LogP contribution in [-0.2, 0) is 0 Å². The summed E-state index contributed by atoms with van der Waals surface area (Å²) in [6.07, 6.45) is 3.43. The number of hydrogen-bond donors (Lipinski definition) is 2. The van der Waals surface area contributed by atoms with Gasteiger partial charge in [0.05, 0.1) is 16.6 Å². The van der Waals surface area contributed by atoms with Crippen LogP contribution in [0.1, 0.15) is 13.8 Å². The average molecular weight is 398 g/mol. The molecule has 1 fully saturated rings. The van der Waals surface area contributed by atoms with Gasteiger partial charge in [0.1, 0.15) is 12.0 Å². The number of imidazole rings is 1. The maximum atomic E-state index is 4.90. The first-order chi connectivity index (χ1) is 14.7. The van der Waals surface area contributed by atoms with Gasteiger partial charge in [-0.25, -0.2) is 15.0 Å². The molecular formula is C22H22N8. The summed E-state index contributed by atoms with van der Waals surface area (Å²) in [4.78, 5) is 16.5. The first-order valence-corrected chi connectivity index (χ1v) is 10.2. The van der Waals surface area contributed by atoms with Gasteiger partial charge in [0, 0.05) is 42.4 Å². The number of para-hydroxylation sites is 2. The van der Waals surface area contributed by atoms with Crippen molar-refractivity contribution in [2.75, 3.05) is 18.0 Å². The van der Waals surface area contributed by atoms with Gasteiger partial charge in [-0.3, -0.25) is 9.50 Å². The molecule has 4 aromatic heterocycles. The van der Waals surface area contributed by atoms with Crippen molar-refractivity contribution in [3.05, 3.63) is 48.9 Å². The molecule has 150 valence electrons. The highest BCUT2D eigenvalue weighted by atomic mass is 15.2. The lowest BCUT2D eigenvalue weighted by Gasteiger charge is -2.38. The topological polar surface area (TPSA) is 87.0 Å². The molecule has 0 radical (unpaired) electrons. The molecule has 0 amide bonds. The van der Waals surface area contributed by atoms with Crippen LogP contribution in [0.15, 0.2) is 48.9 Å². The highest BCUT2D eigenvalue weighted by molar-refractivity contribution is 6.00. The van der Waals surface area contributed by atoms with E-state index in [9.17, 15) is 0 Å². The quantitative estimate of drug-likeness (QED) is 0.475. The number of aromatic amines is 1. The summed E-state index contributed by atoms with van der Waals surface area (Å²) in [6, 6.07) is 13.3. The Bertz CT molecular complexity index is 1360. The van der Waals surface area contributed by atoms with Gasteiger partial charge in [-0.15, -0.1) is 0 Å². The highest BCUT2D eigenvalue weighted by Gasteiger charge is 2.24. The van der Waals surface area contributed by atoms with Crippen LogP contribution in [0.4, 0.5) is 5.69 Å². The minimum absolute atomic E-state index is 0.420. The zero-order valence-electron chi connectivity index (χ0n) is 16.9. The van der Waals surface area contributed by atoms with Gasteiger partial charge in [-0.1, -0.05) is 12.1 Å². The lowest BCUT2D eigenvalue weighted by Crippen LogP contribution is -2.54. The minimum Gasteiger partial charge on any atom is -0.368 e. The van der Waals surface area contributed by atoms with E-state index < -0.39 is 0 Å². The fraction of sp³-hybridized carbons (Fsp3) is 0.273. The molecule has 1 aliphatic heterocycles. The summed E-state index contributed by atoms with van der Waals surface area (Å²) in [5, 5.41) is 11.8. The number of rotatable bonds is 2. The third-order valence-corrected chi connectivity index (χ3v) is 5.82. The first kappa shape index (κ1) is 17.3. The Labute approximate surface area is 173 Å². The SMILES string of the molecule is CC1CN(c2ccnc3c2cc(-c2ncn[nH]2)c2nc4ccccc4n23)CC(C)N1. The second-order valence-corrected chi connectivity index (χ2v) is 8.09. The molecule has 0 saturated carbocycles. The van der Waals surface area contributed by atoms with E-state index in [-0.39, 0.29) is 0 Å². The summed E-state index contributed by atoms with van der Waals surface area (Å²) in [5.41, 5.74) is 5.79. The number of pyridine rings is 2. The van der Waals surface area contributed by atoms with Crippen LogP contribution >= 0.6 is 0 Å². The van der Waals surface area contributed by atoms with Crippen molar-refractivity contribution in [1.82, 2.24) is 34.9 Å². The molecular weight excluding hydrogens is 376 g/mol. The van der Waals surface area contributed by atoms with E-state index >= 15 is 0 Å². The maximum absolute atomic E-state index is 4.90. The van der Waals surface area contributed by atoms with E-state index in [1.54, 1.807) is 0 Å². The number of H-pyrrole nitrogens is 1. The Morgan fingerprint density at radius 2 is 1.83 bits per heavy atom. The van der Waals surface area contributed by atoms with Crippen LogP contribution in [-0.4, -0.2) is 54.7 Å². The van der Waals surface area contributed by atoms with Gasteiger partial charge in [-0.2, -0.15) is 5.10 Å². The fourth-order valence-corrected chi connectivity index (χ4v) is 4.71. The molecule has 2 atom stereocenters. The number of nitrogens with one attached hydrogen (secondary N) is 2. The second kappa shape index (κ2) is 6.50. The maximum Gasteiger partial charge on any atom is 0.159 e. The second-order valence-electron chi connectivity index (χ2n) is 8.09. The molecule has 5 aromatic rings. The fourth-order valence-electron chi connectivity index (χ4n) is 4.71. The summed E-state index contributed by atoms with van der Waals surface area (Å²) in [7, 11) is 0. The van der Waals surface area contributed by atoms with Gasteiger partial charge in [0.25, 0.3) is 0 Å². The number of benzene rings is 1. The van der Waals surface area contributed by atoms with E-state index in [0.29, 0.717) is 17.9 Å². The van der Waals surface area contributed by atoms with Gasteiger partial charge in [0.15, 0.2) is 11.5 Å². The van der Waals surface area contributed by atoms with E-state index in [0.717, 1.165) is 46.4 Å². The predicted octanol–water partition coefficient (Wildman–Crippen LogP) is 3.01. The Hall–Kier alpha value is -3.52. The largest absolute Gasteiger partial charge is 0.368 e. The van der Waals surface area contributed by atoms with Crippen LogP contribution in [0.5, 0.6) is 0 Å². The summed E-state index contributed by atoms with van der Waals surface area (Å²) in [5.74, 6) is 0.703. The summed E-state index contributed by atoms with van der Waals surface area (Å²) in [6.45, 7) is 6.36. The Balaban J connectivity index is 1.71. The molecule has 5 heterocycles. The van der Waals surface area contributed by atoms with Crippen molar-refractivity contribution >= 4 is 33.4 Å². The highest BCUT2D eigenvalue weighted by Crippen LogP contribution is 2.34. The lowest BCUT2D eigenvalue weighted by molar-refractivity contribution is 0.407. The average Bonchev–Trinajstić information content (AvgIpc) is 3.40. The Morgan fingerprint density at radius 1 is 1.00 bits per heavy atom. The van der Waals surface area contributed by atoms with Gasteiger partial charge >= 0.3 is 0 Å². The van der Waals surface area contributed by atoms with E-state index in [1.165, 1.54) is 12.0 Å². The third-order valence-electron chi connectivity index (χ3n) is 5.82. The molecule has 0 spiro atoms. The van der Waals surface area contributed by atoms with E-state index in [1.807, 2.05) is 24.4 Å². The minimum atomic E-state index is 0.420. The Kier molecular flexibility index (Phi) is 3.76. The monoisotopic (exact) mass is 398 g/mol. The number of anilines is 1. The molecule has 8 nitrogen and oxygen atoms in total. The molecule has 1 aliphatic rings. The normalized spacial score (nSPS) is 19.9. The molecule has 2 unspecified atom stereocenters. The molecule has 0 aliphatic carbocycles. The van der Waals surface area contributed by atoms with Crippen molar-refractivity contribution in [1.29, 1.82) is 0 Å². The van der Waals surface area contributed by atoms with Gasteiger partial charge in [-0.05, 0) is 38.1 Å². The molecule has 2 N–H and O–H groups in total. The lowest BCUT2D eigenvalue weighted by atomic mass is 10.1. The standard InChI is InChI=1S/C22H22N8/c1-13-10-29(11-14(2)26-13)18-7-8-23-21-15(18)9-16(20-24-12-25-28-20)22-27-17-5-3-4-6-19(17)30(21)22/h3-9,12-14,26H,10-11H2,1-2H3,(H,24,25,28). The number of nitrogens with zero attached hydrogens (tertiary/aromatic N) is 6. The van der Waals surface area contributed by atoms with Crippen LogP contribution in [0.2, 0.25) is 0 Å². The molecule has 1 saturated heterocycles. The zero-order valence-corrected chi connectivity index (χ0v) is 16.9. The van der Waals surface area contributed by atoms with Crippen LogP contribution in [0.25, 0.3) is 39.1 Å².